The molecule has 0 radical (unpaired) electrons. The lowest BCUT2D eigenvalue weighted by atomic mass is 9.69. The van der Waals surface area contributed by atoms with Crippen LogP contribution < -0.4 is 0 Å². The maximum atomic E-state index is 12.9. The standard InChI is InChI=1S/C18H27NO4/c1-6-7-13-10-14(22-5)12-18(11-13)8-9-19(15(18)20)16(21)23-17(2,3)4/h6-7,14H,1,8-12H2,2-5H3/b13-7+/t14?,18-/m0/s1. The second kappa shape index (κ2) is 6.48. The number of allylic oxidation sites excluding steroid dienone is 2. The third-order valence-electron chi connectivity index (χ3n) is 4.49. The van der Waals surface area contributed by atoms with Crippen molar-refractivity contribution in [1.82, 2.24) is 4.90 Å². The van der Waals surface area contributed by atoms with Crippen LogP contribution in [0.1, 0.15) is 46.5 Å². The van der Waals surface area contributed by atoms with Crippen molar-refractivity contribution >= 4 is 12.0 Å². The molecule has 2 aliphatic rings. The third kappa shape index (κ3) is 3.83. The van der Waals surface area contributed by atoms with Gasteiger partial charge in [-0.05, 0) is 46.5 Å². The van der Waals surface area contributed by atoms with Crippen LogP contribution in [0.5, 0.6) is 0 Å². The Hall–Kier alpha value is -1.62. The number of nitrogens with zero attached hydrogens (tertiary/aromatic N) is 1. The van der Waals surface area contributed by atoms with Gasteiger partial charge in [0.25, 0.3) is 0 Å². The largest absolute Gasteiger partial charge is 0.443 e. The zero-order chi connectivity index (χ0) is 17.3. The van der Waals surface area contributed by atoms with Gasteiger partial charge < -0.3 is 9.47 Å². The van der Waals surface area contributed by atoms with Crippen molar-refractivity contribution in [2.75, 3.05) is 13.7 Å². The topological polar surface area (TPSA) is 55.8 Å². The van der Waals surface area contributed by atoms with E-state index in [-0.39, 0.29) is 12.0 Å². The summed E-state index contributed by atoms with van der Waals surface area (Å²) in [7, 11) is 1.67. The summed E-state index contributed by atoms with van der Waals surface area (Å²) < 4.78 is 10.9. The normalized spacial score (nSPS) is 30.1. The summed E-state index contributed by atoms with van der Waals surface area (Å²) >= 11 is 0. The highest BCUT2D eigenvalue weighted by Crippen LogP contribution is 2.47. The van der Waals surface area contributed by atoms with Gasteiger partial charge >= 0.3 is 6.09 Å². The molecule has 2 amide bonds. The number of hydrogen-bond donors (Lipinski definition) is 0. The minimum atomic E-state index is -0.608. The Labute approximate surface area is 138 Å². The highest BCUT2D eigenvalue weighted by Gasteiger charge is 2.52. The summed E-state index contributed by atoms with van der Waals surface area (Å²) in [6.45, 7) is 9.54. The number of ether oxygens (including phenoxy) is 2. The Kier molecular flexibility index (Phi) is 4.99. The van der Waals surface area contributed by atoms with Crippen molar-refractivity contribution in [3.63, 3.8) is 0 Å². The summed E-state index contributed by atoms with van der Waals surface area (Å²) in [4.78, 5) is 26.5. The predicted octanol–water partition coefficient (Wildman–Crippen LogP) is 3.45. The van der Waals surface area contributed by atoms with Crippen LogP contribution in [-0.4, -0.2) is 42.3 Å². The van der Waals surface area contributed by atoms with Crippen molar-refractivity contribution in [3.05, 3.63) is 24.3 Å². The van der Waals surface area contributed by atoms with Crippen molar-refractivity contribution in [2.24, 2.45) is 5.41 Å². The molecule has 0 bridgehead atoms. The van der Waals surface area contributed by atoms with Crippen LogP contribution in [0.15, 0.2) is 24.3 Å². The average Bonchev–Trinajstić information content (AvgIpc) is 2.74. The molecule has 5 heteroatoms. The van der Waals surface area contributed by atoms with Crippen LogP contribution in [0.2, 0.25) is 0 Å². The molecular weight excluding hydrogens is 294 g/mol. The van der Waals surface area contributed by atoms with E-state index in [2.05, 4.69) is 6.58 Å². The highest BCUT2D eigenvalue weighted by atomic mass is 16.6. The number of amides is 2. The number of carbonyl (C=O) groups is 2. The number of methoxy groups -OCH3 is 1. The number of carbonyl (C=O) groups excluding carboxylic acids is 2. The van der Waals surface area contributed by atoms with E-state index in [1.165, 1.54) is 4.90 Å². The van der Waals surface area contributed by atoms with Gasteiger partial charge in [-0.25, -0.2) is 9.69 Å². The maximum Gasteiger partial charge on any atom is 0.417 e. The molecule has 1 saturated heterocycles. The molecule has 2 atom stereocenters. The summed E-state index contributed by atoms with van der Waals surface area (Å²) in [6.07, 6.45) is 5.92. The van der Waals surface area contributed by atoms with Crippen LogP contribution in [0, 0.1) is 5.41 Å². The fraction of sp³-hybridized carbons (Fsp3) is 0.667. The first-order chi connectivity index (χ1) is 10.7. The van der Waals surface area contributed by atoms with Crippen LogP contribution in [0.4, 0.5) is 4.79 Å². The molecule has 0 N–H and O–H groups in total. The Morgan fingerprint density at radius 2 is 2.13 bits per heavy atom. The number of likely N-dealkylation sites (tertiary alicyclic amines) is 1. The van der Waals surface area contributed by atoms with E-state index in [1.54, 1.807) is 34.0 Å². The molecule has 0 aromatic carbocycles. The SMILES string of the molecule is C=C/C=C1\CC(OC)C[C@]2(CCN(C(=O)OC(C)(C)C)C2=O)C1. The second-order valence-electron chi connectivity index (χ2n) is 7.47. The van der Waals surface area contributed by atoms with Crippen molar-refractivity contribution in [2.45, 2.75) is 58.2 Å². The molecule has 0 aromatic heterocycles. The summed E-state index contributed by atoms with van der Waals surface area (Å²) in [5, 5.41) is 0. The van der Waals surface area contributed by atoms with Crippen molar-refractivity contribution in [1.29, 1.82) is 0 Å². The minimum Gasteiger partial charge on any atom is -0.443 e. The Morgan fingerprint density at radius 3 is 2.70 bits per heavy atom. The zero-order valence-electron chi connectivity index (χ0n) is 14.6. The smallest absolute Gasteiger partial charge is 0.417 e. The molecule has 1 unspecified atom stereocenters. The molecule has 2 rings (SSSR count). The van der Waals surface area contributed by atoms with Crippen LogP contribution >= 0.6 is 0 Å². The van der Waals surface area contributed by atoms with Gasteiger partial charge in [-0.15, -0.1) is 0 Å². The number of rotatable bonds is 2. The fourth-order valence-corrected chi connectivity index (χ4v) is 3.50. The molecule has 1 spiro atoms. The zero-order valence-corrected chi connectivity index (χ0v) is 14.6. The molecule has 128 valence electrons. The third-order valence-corrected chi connectivity index (χ3v) is 4.49. The fourth-order valence-electron chi connectivity index (χ4n) is 3.50. The predicted molar refractivity (Wildman–Crippen MR) is 87.9 cm³/mol. The van der Waals surface area contributed by atoms with Gasteiger partial charge in [-0.2, -0.15) is 0 Å². The lowest BCUT2D eigenvalue weighted by Gasteiger charge is -2.37. The van der Waals surface area contributed by atoms with E-state index in [4.69, 9.17) is 9.47 Å². The first-order valence-electron chi connectivity index (χ1n) is 8.09. The van der Waals surface area contributed by atoms with Crippen LogP contribution in [0.25, 0.3) is 0 Å². The first kappa shape index (κ1) is 17.7. The molecule has 1 heterocycles. The van der Waals surface area contributed by atoms with Crippen molar-refractivity contribution in [3.8, 4) is 0 Å². The van der Waals surface area contributed by atoms with E-state index in [0.29, 0.717) is 25.8 Å². The Morgan fingerprint density at radius 1 is 1.43 bits per heavy atom. The Balaban J connectivity index is 2.19. The van der Waals surface area contributed by atoms with Crippen molar-refractivity contribution < 1.29 is 19.1 Å². The van der Waals surface area contributed by atoms with Gasteiger partial charge in [0.05, 0.1) is 11.5 Å². The monoisotopic (exact) mass is 321 g/mol. The number of hydrogen-bond acceptors (Lipinski definition) is 4. The number of imide groups is 1. The molecule has 1 aliphatic carbocycles. The van der Waals surface area contributed by atoms with E-state index < -0.39 is 17.1 Å². The van der Waals surface area contributed by atoms with Gasteiger partial charge in [-0.3, -0.25) is 4.79 Å². The second-order valence-corrected chi connectivity index (χ2v) is 7.47. The van der Waals surface area contributed by atoms with Crippen LogP contribution in [0.3, 0.4) is 0 Å². The lowest BCUT2D eigenvalue weighted by Crippen LogP contribution is -2.44. The highest BCUT2D eigenvalue weighted by molar-refractivity contribution is 5.97. The molecule has 5 nitrogen and oxygen atoms in total. The molecule has 1 aliphatic heterocycles. The lowest BCUT2D eigenvalue weighted by molar-refractivity contribution is -0.138. The summed E-state index contributed by atoms with van der Waals surface area (Å²) in [5.74, 6) is -0.136. The molecule has 2 fully saturated rings. The van der Waals surface area contributed by atoms with E-state index in [1.807, 2.05) is 6.08 Å². The maximum absolute atomic E-state index is 12.9. The van der Waals surface area contributed by atoms with Gasteiger partial charge in [-0.1, -0.05) is 24.3 Å². The quantitative estimate of drug-likeness (QED) is 0.781. The first-order valence-corrected chi connectivity index (χ1v) is 8.09. The van der Waals surface area contributed by atoms with E-state index in [9.17, 15) is 9.59 Å². The van der Waals surface area contributed by atoms with Gasteiger partial charge in [0.2, 0.25) is 5.91 Å². The van der Waals surface area contributed by atoms with E-state index >= 15 is 0 Å². The minimum absolute atomic E-state index is 0.00233. The molecule has 1 saturated carbocycles. The molecule has 23 heavy (non-hydrogen) atoms. The van der Waals surface area contributed by atoms with Crippen LogP contribution in [-0.2, 0) is 14.3 Å². The summed E-state index contributed by atoms with van der Waals surface area (Å²) in [5.41, 5.74) is -0.00895. The Bertz CT molecular complexity index is 532. The average molecular weight is 321 g/mol. The van der Waals surface area contributed by atoms with Gasteiger partial charge in [0, 0.05) is 13.7 Å². The molecule has 0 aromatic rings. The summed E-state index contributed by atoms with van der Waals surface area (Å²) in [6, 6.07) is 0. The van der Waals surface area contributed by atoms with Gasteiger partial charge in [0.15, 0.2) is 0 Å². The van der Waals surface area contributed by atoms with E-state index in [0.717, 1.165) is 12.0 Å². The van der Waals surface area contributed by atoms with Gasteiger partial charge in [0.1, 0.15) is 5.60 Å². The molecular formula is C18H27NO4.